The van der Waals surface area contributed by atoms with Gasteiger partial charge in [-0.15, -0.1) is 16.3 Å². The zero-order chi connectivity index (χ0) is 15.2. The topological polar surface area (TPSA) is 103 Å². The number of H-pyrrole nitrogens is 1. The highest BCUT2D eigenvalue weighted by molar-refractivity contribution is 7.17. The van der Waals surface area contributed by atoms with E-state index in [0.29, 0.717) is 12.4 Å². The molecule has 1 aliphatic heterocycles. The number of nitrogens with zero attached hydrogens (tertiary/aromatic N) is 2. The van der Waals surface area contributed by atoms with Crippen LogP contribution in [0.3, 0.4) is 0 Å². The lowest BCUT2D eigenvalue weighted by Crippen LogP contribution is -2.38. The highest BCUT2D eigenvalue weighted by Gasteiger charge is 2.32. The molecule has 0 fully saturated rings. The summed E-state index contributed by atoms with van der Waals surface area (Å²) in [6.07, 6.45) is 0. The fourth-order valence-electron chi connectivity index (χ4n) is 2.38. The van der Waals surface area contributed by atoms with Crippen molar-refractivity contribution >= 4 is 33.2 Å². The molecule has 0 aromatic carbocycles. The molecule has 0 radical (unpaired) electrons. The van der Waals surface area contributed by atoms with E-state index in [4.69, 9.17) is 11.5 Å². The first-order valence-corrected chi connectivity index (χ1v) is 7.62. The van der Waals surface area contributed by atoms with Crippen molar-refractivity contribution < 1.29 is 4.98 Å². The average molecular weight is 303 g/mol. The Hall–Kier alpha value is -1.99. The minimum Gasteiger partial charge on any atom is -0.400 e. The molecule has 1 aliphatic rings. The molecule has 0 bridgehead atoms. The van der Waals surface area contributed by atoms with Crippen LogP contribution in [-0.2, 0) is 0 Å². The van der Waals surface area contributed by atoms with Gasteiger partial charge in [0.2, 0.25) is 11.7 Å². The molecule has 6 N–H and O–H groups in total. The van der Waals surface area contributed by atoms with Crippen LogP contribution in [0, 0.1) is 6.92 Å². The molecule has 0 amide bonds. The number of nitrogens with one attached hydrogen (secondary N) is 2. The van der Waals surface area contributed by atoms with Crippen molar-refractivity contribution in [2.75, 3.05) is 6.54 Å². The number of fused-ring (bicyclic) bond motifs is 1. The van der Waals surface area contributed by atoms with Crippen LogP contribution in [0.4, 0.5) is 5.82 Å². The summed E-state index contributed by atoms with van der Waals surface area (Å²) in [5.41, 5.74) is 14.6. The molecular formula is C14H19N6S+. The van der Waals surface area contributed by atoms with Crippen molar-refractivity contribution in [1.82, 2.24) is 10.3 Å². The molecule has 0 saturated heterocycles. The van der Waals surface area contributed by atoms with E-state index in [0.717, 1.165) is 33.1 Å². The Kier molecular flexibility index (Phi) is 3.18. The van der Waals surface area contributed by atoms with Gasteiger partial charge in [0.15, 0.2) is 5.52 Å². The Labute approximate surface area is 127 Å². The van der Waals surface area contributed by atoms with Crippen molar-refractivity contribution in [3.63, 3.8) is 0 Å². The predicted octanol–water partition coefficient (Wildman–Crippen LogP) is 1.00. The number of aryl methyl sites for hydroxylation is 1. The zero-order valence-electron chi connectivity index (χ0n) is 12.3. The maximum absolute atomic E-state index is 6.17. The van der Waals surface area contributed by atoms with E-state index in [1.807, 2.05) is 32.2 Å². The van der Waals surface area contributed by atoms with Crippen LogP contribution in [0.1, 0.15) is 19.7 Å². The summed E-state index contributed by atoms with van der Waals surface area (Å²) in [4.78, 5) is 12.2. The zero-order valence-corrected chi connectivity index (χ0v) is 13.1. The van der Waals surface area contributed by atoms with Crippen molar-refractivity contribution in [1.29, 1.82) is 0 Å². The molecule has 2 aromatic heterocycles. The fraction of sp³-hybridized carbons (Fsp3) is 0.357. The first-order valence-electron chi connectivity index (χ1n) is 6.74. The number of aromatic amines is 1. The molecule has 110 valence electrons. The van der Waals surface area contributed by atoms with Crippen LogP contribution in [0.15, 0.2) is 27.7 Å². The van der Waals surface area contributed by atoms with Gasteiger partial charge in [0, 0.05) is 24.7 Å². The lowest BCUT2D eigenvalue weighted by atomic mass is 10.0. The third-order valence-corrected chi connectivity index (χ3v) is 4.60. The number of nitrogens with two attached hydrogens (primary N) is 2. The smallest absolute Gasteiger partial charge is 0.283 e. The maximum Gasteiger partial charge on any atom is 0.283 e. The summed E-state index contributed by atoms with van der Waals surface area (Å²) in [7, 11) is 0. The van der Waals surface area contributed by atoms with Gasteiger partial charge in [-0.1, -0.05) is 4.99 Å². The van der Waals surface area contributed by atoms with Gasteiger partial charge in [-0.3, -0.25) is 0 Å². The van der Waals surface area contributed by atoms with Gasteiger partial charge in [-0.2, -0.15) is 0 Å². The van der Waals surface area contributed by atoms with Gasteiger partial charge in [0.25, 0.3) is 5.82 Å². The van der Waals surface area contributed by atoms with Crippen LogP contribution in [0.25, 0.3) is 10.2 Å². The molecule has 21 heavy (non-hydrogen) atoms. The van der Waals surface area contributed by atoms with E-state index in [2.05, 4.69) is 20.3 Å². The Morgan fingerprint density at radius 3 is 2.95 bits per heavy atom. The van der Waals surface area contributed by atoms with E-state index < -0.39 is 0 Å². The summed E-state index contributed by atoms with van der Waals surface area (Å²) in [5, 5.41) is 5.32. The summed E-state index contributed by atoms with van der Waals surface area (Å²) < 4.78 is 0.993. The lowest BCUT2D eigenvalue weighted by Gasteiger charge is -2.19. The second-order valence-electron chi connectivity index (χ2n) is 5.67. The van der Waals surface area contributed by atoms with Gasteiger partial charge < -0.3 is 16.8 Å². The molecule has 7 heteroatoms. The number of thiophene rings is 1. The summed E-state index contributed by atoms with van der Waals surface area (Å²) in [5.74, 6) is 1.98. The van der Waals surface area contributed by atoms with E-state index >= 15 is 0 Å². The normalized spacial score (nSPS) is 18.7. The van der Waals surface area contributed by atoms with Crippen LogP contribution >= 0.6 is 11.3 Å². The number of aromatic nitrogens is 2. The third-order valence-electron chi connectivity index (χ3n) is 3.69. The first kappa shape index (κ1) is 14.0. The molecule has 3 heterocycles. The second-order valence-corrected chi connectivity index (χ2v) is 6.59. The van der Waals surface area contributed by atoms with Crippen LogP contribution < -0.4 is 21.8 Å². The number of rotatable bonds is 2. The fourth-order valence-corrected chi connectivity index (χ4v) is 3.15. The minimum absolute atomic E-state index is 0.244. The molecule has 0 atom stereocenters. The van der Waals surface area contributed by atoms with Gasteiger partial charge in [0.05, 0.1) is 5.54 Å². The van der Waals surface area contributed by atoms with Gasteiger partial charge in [-0.05, 0) is 25.3 Å². The van der Waals surface area contributed by atoms with E-state index in [1.165, 1.54) is 0 Å². The first-order chi connectivity index (χ1) is 9.88. The second kappa shape index (κ2) is 4.78. The lowest BCUT2D eigenvalue weighted by molar-refractivity contribution is -0.375. The van der Waals surface area contributed by atoms with E-state index in [1.54, 1.807) is 11.3 Å². The average Bonchev–Trinajstić information content (AvgIpc) is 2.95. The van der Waals surface area contributed by atoms with E-state index in [9.17, 15) is 0 Å². The largest absolute Gasteiger partial charge is 0.400 e. The van der Waals surface area contributed by atoms with Crippen molar-refractivity contribution in [2.24, 2.45) is 16.5 Å². The predicted molar refractivity (Wildman–Crippen MR) is 85.5 cm³/mol. The summed E-state index contributed by atoms with van der Waals surface area (Å²) in [6, 6.07) is 1.98. The van der Waals surface area contributed by atoms with E-state index in [-0.39, 0.29) is 5.54 Å². The molecular weight excluding hydrogens is 284 g/mol. The molecule has 3 rings (SSSR count). The highest BCUT2D eigenvalue weighted by Crippen LogP contribution is 2.27. The minimum atomic E-state index is -0.244. The van der Waals surface area contributed by atoms with Crippen molar-refractivity contribution in [3.8, 4) is 0 Å². The molecule has 0 spiro atoms. The maximum atomic E-state index is 6.17. The number of hydrogen-bond acceptors (Lipinski definition) is 5. The standard InChI is InChI=1S/C14H18N6S/c1-7-18-9-4-5-21-10(9)13(19-7)20-12(16)8-6-17-14(2,3)11(8)15/h4-5,17H,6,15H2,1-3H3,(H2,16,18,19,20)/p+1. The molecule has 0 aliphatic carbocycles. The number of amidine groups is 1. The van der Waals surface area contributed by atoms with Crippen molar-refractivity contribution in [2.45, 2.75) is 26.3 Å². The highest BCUT2D eigenvalue weighted by atomic mass is 32.1. The Morgan fingerprint density at radius 1 is 1.52 bits per heavy atom. The SMILES string of the molecule is Cc1nc2ccsc2c(/N=C(\N)C2=C(N)C(C)(C)NC2)[nH+]1. The quantitative estimate of drug-likeness (QED) is 0.569. The van der Waals surface area contributed by atoms with Crippen LogP contribution in [0.5, 0.6) is 0 Å². The molecule has 0 saturated carbocycles. The van der Waals surface area contributed by atoms with Gasteiger partial charge in [-0.25, -0.2) is 4.98 Å². The molecule has 2 aromatic rings. The monoisotopic (exact) mass is 303 g/mol. The Morgan fingerprint density at radius 2 is 2.29 bits per heavy atom. The van der Waals surface area contributed by atoms with Crippen LogP contribution in [-0.4, -0.2) is 22.9 Å². The van der Waals surface area contributed by atoms with Gasteiger partial charge >= 0.3 is 0 Å². The molecule has 0 unspecified atom stereocenters. The summed E-state index contributed by atoms with van der Waals surface area (Å²) >= 11 is 1.59. The number of aliphatic imine (C=N–C) groups is 1. The van der Waals surface area contributed by atoms with Crippen molar-refractivity contribution in [3.05, 3.63) is 28.5 Å². The third kappa shape index (κ3) is 2.38. The Bertz CT molecular complexity index is 771. The molecule has 6 nitrogen and oxygen atoms in total. The summed E-state index contributed by atoms with van der Waals surface area (Å²) in [6.45, 7) is 6.59. The number of hydrogen-bond donors (Lipinski definition) is 3. The van der Waals surface area contributed by atoms with Crippen LogP contribution in [0.2, 0.25) is 0 Å². The van der Waals surface area contributed by atoms with Gasteiger partial charge in [0.1, 0.15) is 4.70 Å². The Balaban J connectivity index is 2.09.